The lowest BCUT2D eigenvalue weighted by Gasteiger charge is -2.22. The van der Waals surface area contributed by atoms with Crippen molar-refractivity contribution in [1.82, 2.24) is 5.32 Å². The number of nitrogens with one attached hydrogen (secondary N) is 1. The number of halogens is 1. The zero-order valence-electron chi connectivity index (χ0n) is 19.7. The van der Waals surface area contributed by atoms with Crippen molar-refractivity contribution in [1.29, 1.82) is 5.26 Å². The second-order valence-electron chi connectivity index (χ2n) is 8.81. The molecule has 0 radical (unpaired) electrons. The quantitative estimate of drug-likeness (QED) is 0.201. The van der Waals surface area contributed by atoms with Crippen molar-refractivity contribution < 1.29 is 28.3 Å². The number of rotatable bonds is 8. The summed E-state index contributed by atoms with van der Waals surface area (Å²) in [5.74, 6) is -1.44. The van der Waals surface area contributed by atoms with Crippen LogP contribution in [0, 0.1) is 16.7 Å². The van der Waals surface area contributed by atoms with E-state index >= 15 is 0 Å². The van der Waals surface area contributed by atoms with Crippen LogP contribution in [0.25, 0.3) is 16.2 Å². The predicted octanol–water partition coefficient (Wildman–Crippen LogP) is 6.00. The minimum absolute atomic E-state index is 0.253. The van der Waals surface area contributed by atoms with E-state index in [2.05, 4.69) is 5.32 Å². The Kier molecular flexibility index (Phi) is 8.72. The van der Waals surface area contributed by atoms with Gasteiger partial charge in [0.05, 0.1) is 17.0 Å². The molecule has 2 N–H and O–H groups in total. The molecule has 0 saturated heterocycles. The molecule has 2 unspecified atom stereocenters. The van der Waals surface area contributed by atoms with E-state index in [0.29, 0.717) is 21.5 Å². The molecule has 0 spiro atoms. The maximum atomic E-state index is 13.3. The fourth-order valence-corrected chi connectivity index (χ4v) is 5.68. The molecular formula is C25H24ClN2O6PS. The molecule has 1 aromatic heterocycles. The summed E-state index contributed by atoms with van der Waals surface area (Å²) in [4.78, 5) is 36.1. The minimum atomic E-state index is -4.70. The van der Waals surface area contributed by atoms with E-state index in [1.807, 2.05) is 6.07 Å². The van der Waals surface area contributed by atoms with Crippen LogP contribution in [0.1, 0.15) is 43.1 Å². The van der Waals surface area contributed by atoms with Crippen LogP contribution in [0.2, 0.25) is 5.02 Å². The van der Waals surface area contributed by atoms with Crippen LogP contribution in [0.3, 0.4) is 0 Å². The number of nitrogens with zero attached hydrogens (tertiary/aromatic N) is 1. The van der Waals surface area contributed by atoms with Crippen LogP contribution < -0.4 is 5.32 Å². The van der Waals surface area contributed by atoms with E-state index in [9.17, 15) is 19.0 Å². The Balaban J connectivity index is 1.89. The fourth-order valence-electron chi connectivity index (χ4n) is 3.16. The number of nitriles is 1. The first kappa shape index (κ1) is 27.6. The highest BCUT2D eigenvalue weighted by Gasteiger charge is 2.42. The third-order valence-corrected chi connectivity index (χ3v) is 7.85. The molecular weight excluding hydrogens is 523 g/mol. The lowest BCUT2D eigenvalue weighted by Crippen LogP contribution is -2.27. The number of benzene rings is 2. The molecule has 0 aliphatic heterocycles. The average Bonchev–Trinajstić information content (AvgIpc) is 3.20. The van der Waals surface area contributed by atoms with Crippen LogP contribution >= 0.6 is 30.5 Å². The normalized spacial score (nSPS) is 14.2. The van der Waals surface area contributed by atoms with Crippen molar-refractivity contribution in [3.8, 4) is 6.07 Å². The van der Waals surface area contributed by atoms with Crippen molar-refractivity contribution >= 4 is 58.6 Å². The van der Waals surface area contributed by atoms with Crippen molar-refractivity contribution in [2.45, 2.75) is 26.4 Å². The van der Waals surface area contributed by atoms with Gasteiger partial charge in [-0.25, -0.2) is 0 Å². The SMILES string of the molecule is CC(C)(C)C(=O)OCOP(=O)(O)C(C(=O)N/C=C/c1cccc(C#N)c1)c1csc2ccc(Cl)cc12. The Labute approximate surface area is 217 Å². The minimum Gasteiger partial charge on any atom is -0.438 e. The predicted molar refractivity (Wildman–Crippen MR) is 139 cm³/mol. The number of hydrogen-bond acceptors (Lipinski definition) is 7. The van der Waals surface area contributed by atoms with E-state index in [0.717, 1.165) is 4.70 Å². The molecule has 2 aromatic carbocycles. The van der Waals surface area contributed by atoms with E-state index in [1.54, 1.807) is 74.7 Å². The smallest absolute Gasteiger partial charge is 0.347 e. The first-order valence-electron chi connectivity index (χ1n) is 10.7. The van der Waals surface area contributed by atoms with Gasteiger partial charge in [0.1, 0.15) is 0 Å². The lowest BCUT2D eigenvalue weighted by atomic mass is 9.98. The molecule has 0 saturated carbocycles. The van der Waals surface area contributed by atoms with Gasteiger partial charge in [0.25, 0.3) is 0 Å². The number of ether oxygens (including phenoxy) is 1. The Morgan fingerprint density at radius 3 is 2.72 bits per heavy atom. The number of hydrogen-bond donors (Lipinski definition) is 2. The van der Waals surface area contributed by atoms with Crippen molar-refractivity contribution in [3.63, 3.8) is 0 Å². The monoisotopic (exact) mass is 546 g/mol. The number of amides is 1. The van der Waals surface area contributed by atoms with Gasteiger partial charge in [-0.2, -0.15) is 5.26 Å². The first-order valence-corrected chi connectivity index (χ1v) is 13.6. The molecule has 188 valence electrons. The number of thiophene rings is 1. The fraction of sp³-hybridized carbons (Fsp3) is 0.240. The summed E-state index contributed by atoms with van der Waals surface area (Å²) >= 11 is 7.41. The van der Waals surface area contributed by atoms with Crippen LogP contribution in [0.4, 0.5) is 0 Å². The van der Waals surface area contributed by atoms with Gasteiger partial charge in [-0.15, -0.1) is 11.3 Å². The van der Waals surface area contributed by atoms with E-state index in [1.165, 1.54) is 17.5 Å². The molecule has 0 fully saturated rings. The summed E-state index contributed by atoms with van der Waals surface area (Å²) in [7, 11) is -4.70. The van der Waals surface area contributed by atoms with Gasteiger partial charge < -0.3 is 14.9 Å². The Morgan fingerprint density at radius 1 is 1.28 bits per heavy atom. The molecule has 36 heavy (non-hydrogen) atoms. The third kappa shape index (κ3) is 6.82. The second kappa shape index (κ2) is 11.4. The van der Waals surface area contributed by atoms with Gasteiger partial charge in [0, 0.05) is 15.9 Å². The highest BCUT2D eigenvalue weighted by atomic mass is 35.5. The van der Waals surface area contributed by atoms with Gasteiger partial charge in [-0.3, -0.25) is 18.7 Å². The molecule has 3 aromatic rings. The van der Waals surface area contributed by atoms with E-state index in [-0.39, 0.29) is 5.56 Å². The topological polar surface area (TPSA) is 126 Å². The molecule has 8 nitrogen and oxygen atoms in total. The summed E-state index contributed by atoms with van der Waals surface area (Å²) < 4.78 is 24.2. The van der Waals surface area contributed by atoms with Gasteiger partial charge in [-0.1, -0.05) is 23.7 Å². The average molecular weight is 547 g/mol. The van der Waals surface area contributed by atoms with Crippen molar-refractivity contribution in [2.24, 2.45) is 5.41 Å². The second-order valence-corrected chi connectivity index (χ2v) is 12.1. The summed E-state index contributed by atoms with van der Waals surface area (Å²) in [5, 5.41) is 14.1. The molecule has 0 aliphatic carbocycles. The van der Waals surface area contributed by atoms with Crippen molar-refractivity contribution in [2.75, 3.05) is 6.79 Å². The largest absolute Gasteiger partial charge is 0.438 e. The van der Waals surface area contributed by atoms with Crippen LogP contribution in [0.5, 0.6) is 0 Å². The molecule has 11 heteroatoms. The Bertz CT molecular complexity index is 1410. The highest BCUT2D eigenvalue weighted by molar-refractivity contribution is 7.54. The van der Waals surface area contributed by atoms with Gasteiger partial charge >= 0.3 is 13.6 Å². The maximum Gasteiger partial charge on any atom is 0.347 e. The first-order chi connectivity index (χ1) is 16.9. The highest BCUT2D eigenvalue weighted by Crippen LogP contribution is 2.58. The van der Waals surface area contributed by atoms with Gasteiger partial charge in [0.15, 0.2) is 5.66 Å². The number of carbonyl (C=O) groups is 2. The molecule has 0 aliphatic rings. The summed E-state index contributed by atoms with van der Waals surface area (Å²) in [5.41, 5.74) is -1.12. The van der Waals surface area contributed by atoms with Crippen LogP contribution in [-0.4, -0.2) is 23.6 Å². The number of esters is 1. The summed E-state index contributed by atoms with van der Waals surface area (Å²) in [6, 6.07) is 13.8. The van der Waals surface area contributed by atoms with Crippen molar-refractivity contribution in [3.05, 3.63) is 75.8 Å². The van der Waals surface area contributed by atoms with E-state index in [4.69, 9.17) is 26.1 Å². The maximum absolute atomic E-state index is 13.3. The van der Waals surface area contributed by atoms with Crippen LogP contribution in [0.15, 0.2) is 54.0 Å². The molecule has 0 bridgehead atoms. The van der Waals surface area contributed by atoms with Gasteiger partial charge in [-0.05, 0) is 79.1 Å². The Morgan fingerprint density at radius 2 is 2.03 bits per heavy atom. The standard InChI is InChI=1S/C25H24ClN2O6PS/c1-25(2,3)24(30)33-15-34-35(31,32)22(20-14-36-21-8-7-18(26)12-19(20)21)23(29)28-10-9-16-5-4-6-17(11-16)13-27/h4-12,14,22H,15H2,1-3H3,(H,28,29)(H,31,32)/b10-9+. The number of fused-ring (bicyclic) bond motifs is 1. The zero-order chi connectivity index (χ0) is 26.5. The number of carbonyl (C=O) groups excluding carboxylic acids is 2. The lowest BCUT2D eigenvalue weighted by molar-refractivity contribution is -0.159. The zero-order valence-corrected chi connectivity index (χ0v) is 22.2. The molecule has 3 rings (SSSR count). The van der Waals surface area contributed by atoms with Gasteiger partial charge in [0.2, 0.25) is 12.7 Å². The molecule has 1 amide bonds. The summed E-state index contributed by atoms with van der Waals surface area (Å²) in [6.45, 7) is 4.09. The Hall–Kier alpha value is -2.99. The van der Waals surface area contributed by atoms with Crippen LogP contribution in [-0.2, 0) is 23.4 Å². The molecule has 2 atom stereocenters. The van der Waals surface area contributed by atoms with E-state index < -0.39 is 37.3 Å². The molecule has 1 heterocycles. The third-order valence-electron chi connectivity index (χ3n) is 4.99. The summed E-state index contributed by atoms with van der Waals surface area (Å²) in [6.07, 6.45) is 2.86.